The number of rotatable bonds is 4. The van der Waals surface area contributed by atoms with E-state index in [0.717, 1.165) is 17.5 Å². The zero-order valence-electron chi connectivity index (χ0n) is 17.2. The minimum Gasteiger partial charge on any atom is -0.442 e. The molecule has 1 N–H and O–H groups in total. The minimum atomic E-state index is -0.466. The molecule has 7 heteroatoms. The predicted molar refractivity (Wildman–Crippen MR) is 114 cm³/mol. The highest BCUT2D eigenvalue weighted by Gasteiger charge is 2.33. The number of ether oxygens (including phenoxy) is 1. The van der Waals surface area contributed by atoms with Crippen molar-refractivity contribution >= 4 is 29.5 Å². The van der Waals surface area contributed by atoms with E-state index in [1.165, 1.54) is 24.0 Å². The quantitative estimate of drug-likeness (QED) is 0.599. The fourth-order valence-corrected chi connectivity index (χ4v) is 3.93. The van der Waals surface area contributed by atoms with Gasteiger partial charge in [0.1, 0.15) is 11.9 Å². The van der Waals surface area contributed by atoms with Gasteiger partial charge in [-0.25, -0.2) is 9.18 Å². The summed E-state index contributed by atoms with van der Waals surface area (Å²) in [5.74, 6) is -0.537. The van der Waals surface area contributed by atoms with Crippen LogP contribution in [0.3, 0.4) is 0 Å². The second kappa shape index (κ2) is 8.71. The Balaban J connectivity index is 1.55. The normalized spacial score (nSPS) is 19.7. The summed E-state index contributed by atoms with van der Waals surface area (Å²) in [6.07, 6.45) is 3.08. The average molecular weight is 422 g/mol. The summed E-state index contributed by atoms with van der Waals surface area (Å²) >= 11 is 0. The standard InChI is InChI=1S/C24H23FN2O4/c1-15(28)26-13-21-14-27(24(30)31-21)20-9-10-22-17(12-20)3-2-4-18(23(22)29)11-16-5-7-19(25)8-6-16/h5-12,21H,2-4,13-14H2,1H3,(H,26,28)/t21-/m0/s1. The van der Waals surface area contributed by atoms with Gasteiger partial charge in [-0.2, -0.15) is 0 Å². The zero-order chi connectivity index (χ0) is 22.0. The smallest absolute Gasteiger partial charge is 0.414 e. The number of aryl methyl sites for hydroxylation is 1. The lowest BCUT2D eigenvalue weighted by Crippen LogP contribution is -2.33. The first-order chi connectivity index (χ1) is 14.9. The lowest BCUT2D eigenvalue weighted by atomic mass is 9.97. The Morgan fingerprint density at radius 2 is 1.97 bits per heavy atom. The third-order valence-corrected chi connectivity index (χ3v) is 5.49. The number of fused-ring (bicyclic) bond motifs is 1. The second-order valence-electron chi connectivity index (χ2n) is 7.80. The summed E-state index contributed by atoms with van der Waals surface area (Å²) in [7, 11) is 0. The lowest BCUT2D eigenvalue weighted by Gasteiger charge is -2.16. The van der Waals surface area contributed by atoms with Gasteiger partial charge in [0.05, 0.1) is 13.1 Å². The number of amides is 2. The van der Waals surface area contributed by atoms with Crippen molar-refractivity contribution in [1.29, 1.82) is 0 Å². The first-order valence-electron chi connectivity index (χ1n) is 10.3. The molecule has 1 saturated heterocycles. The summed E-state index contributed by atoms with van der Waals surface area (Å²) in [5.41, 5.74) is 3.66. The van der Waals surface area contributed by atoms with Crippen molar-refractivity contribution in [2.24, 2.45) is 0 Å². The van der Waals surface area contributed by atoms with Crippen molar-refractivity contribution in [2.75, 3.05) is 18.0 Å². The molecule has 0 spiro atoms. The molecule has 2 aliphatic rings. The van der Waals surface area contributed by atoms with Crippen LogP contribution in [-0.4, -0.2) is 37.0 Å². The summed E-state index contributed by atoms with van der Waals surface area (Å²) in [5, 5.41) is 2.66. The molecule has 1 fully saturated rings. The third kappa shape index (κ3) is 4.66. The molecule has 0 radical (unpaired) electrons. The molecule has 6 nitrogen and oxygen atoms in total. The summed E-state index contributed by atoms with van der Waals surface area (Å²) in [6, 6.07) is 11.4. The van der Waals surface area contributed by atoms with Gasteiger partial charge in [0.15, 0.2) is 5.78 Å². The van der Waals surface area contributed by atoms with Gasteiger partial charge in [0.2, 0.25) is 5.91 Å². The maximum Gasteiger partial charge on any atom is 0.414 e. The van der Waals surface area contributed by atoms with Crippen LogP contribution in [0.5, 0.6) is 0 Å². The molecule has 2 aromatic rings. The molecular formula is C24H23FN2O4. The van der Waals surface area contributed by atoms with Gasteiger partial charge in [0, 0.05) is 23.7 Å². The van der Waals surface area contributed by atoms with Gasteiger partial charge in [-0.15, -0.1) is 0 Å². The maximum atomic E-state index is 13.2. The number of carbonyl (C=O) groups is 3. The van der Waals surface area contributed by atoms with E-state index in [4.69, 9.17) is 4.74 Å². The molecule has 1 aliphatic carbocycles. The molecule has 2 aromatic carbocycles. The average Bonchev–Trinajstić information content (AvgIpc) is 3.05. The Hall–Kier alpha value is -3.48. The molecule has 0 unspecified atom stereocenters. The Kier molecular flexibility index (Phi) is 5.84. The maximum absolute atomic E-state index is 13.2. The number of nitrogens with zero attached hydrogens (tertiary/aromatic N) is 1. The fraction of sp³-hybridized carbons (Fsp3) is 0.292. The van der Waals surface area contributed by atoms with Crippen molar-refractivity contribution in [3.05, 3.63) is 70.5 Å². The fourth-order valence-electron chi connectivity index (χ4n) is 3.93. The number of anilines is 1. The highest BCUT2D eigenvalue weighted by atomic mass is 19.1. The number of halogens is 1. The van der Waals surface area contributed by atoms with Crippen LogP contribution < -0.4 is 10.2 Å². The van der Waals surface area contributed by atoms with Crippen LogP contribution in [0.25, 0.3) is 6.08 Å². The molecule has 2 amide bonds. The third-order valence-electron chi connectivity index (χ3n) is 5.49. The van der Waals surface area contributed by atoms with E-state index in [1.807, 2.05) is 12.1 Å². The summed E-state index contributed by atoms with van der Waals surface area (Å²) in [6.45, 7) is 2.01. The van der Waals surface area contributed by atoms with Gasteiger partial charge in [-0.05, 0) is 66.8 Å². The number of nitrogens with one attached hydrogen (secondary N) is 1. The molecule has 1 atom stereocenters. The molecular weight excluding hydrogens is 399 g/mol. The zero-order valence-corrected chi connectivity index (χ0v) is 17.2. The Morgan fingerprint density at radius 3 is 2.71 bits per heavy atom. The van der Waals surface area contributed by atoms with Crippen molar-refractivity contribution in [3.63, 3.8) is 0 Å². The molecule has 1 aliphatic heterocycles. The largest absolute Gasteiger partial charge is 0.442 e. The van der Waals surface area contributed by atoms with E-state index in [9.17, 15) is 18.8 Å². The van der Waals surface area contributed by atoms with Crippen LogP contribution in [0, 0.1) is 5.82 Å². The predicted octanol–water partition coefficient (Wildman–Crippen LogP) is 3.89. The Bertz CT molecular complexity index is 1060. The number of ketones is 1. The topological polar surface area (TPSA) is 75.7 Å². The van der Waals surface area contributed by atoms with E-state index >= 15 is 0 Å². The van der Waals surface area contributed by atoms with Crippen LogP contribution in [0.4, 0.5) is 14.9 Å². The van der Waals surface area contributed by atoms with Crippen molar-refractivity contribution in [3.8, 4) is 0 Å². The molecule has 1 heterocycles. The second-order valence-corrected chi connectivity index (χ2v) is 7.80. The molecule has 0 aromatic heterocycles. The number of benzene rings is 2. The minimum absolute atomic E-state index is 0.0455. The van der Waals surface area contributed by atoms with Crippen molar-refractivity contribution in [1.82, 2.24) is 5.32 Å². The SMILES string of the molecule is CC(=O)NC[C@H]1CN(c2ccc3c(c2)CCCC(=Cc2ccc(F)cc2)C3=O)C(=O)O1. The van der Waals surface area contributed by atoms with Crippen molar-refractivity contribution < 1.29 is 23.5 Å². The van der Waals surface area contributed by atoms with Gasteiger partial charge < -0.3 is 10.1 Å². The highest BCUT2D eigenvalue weighted by Crippen LogP contribution is 2.30. The first-order valence-corrected chi connectivity index (χ1v) is 10.3. The van der Waals surface area contributed by atoms with E-state index in [0.29, 0.717) is 36.2 Å². The van der Waals surface area contributed by atoms with Crippen LogP contribution in [-0.2, 0) is 16.0 Å². The molecule has 31 heavy (non-hydrogen) atoms. The van der Waals surface area contributed by atoms with Gasteiger partial charge >= 0.3 is 6.09 Å². The molecule has 160 valence electrons. The number of cyclic esters (lactones) is 1. The number of Topliss-reactive ketones (excluding diaryl/α,β-unsaturated/α-hetero) is 1. The van der Waals surface area contributed by atoms with Crippen LogP contribution >= 0.6 is 0 Å². The number of hydrogen-bond acceptors (Lipinski definition) is 4. The lowest BCUT2D eigenvalue weighted by molar-refractivity contribution is -0.119. The highest BCUT2D eigenvalue weighted by molar-refractivity contribution is 6.12. The van der Waals surface area contributed by atoms with Gasteiger partial charge in [0.25, 0.3) is 0 Å². The van der Waals surface area contributed by atoms with Gasteiger partial charge in [-0.3, -0.25) is 14.5 Å². The summed E-state index contributed by atoms with van der Waals surface area (Å²) in [4.78, 5) is 38.0. The van der Waals surface area contributed by atoms with Crippen LogP contribution in [0.2, 0.25) is 0 Å². The number of hydrogen-bond donors (Lipinski definition) is 1. The van der Waals surface area contributed by atoms with E-state index in [2.05, 4.69) is 5.32 Å². The first kappa shape index (κ1) is 20.8. The molecule has 0 bridgehead atoms. The van der Waals surface area contributed by atoms with E-state index < -0.39 is 12.2 Å². The number of carbonyl (C=O) groups excluding carboxylic acids is 3. The monoisotopic (exact) mass is 422 g/mol. The Labute approximate surface area is 179 Å². The van der Waals surface area contributed by atoms with Crippen LogP contribution in [0.15, 0.2) is 48.0 Å². The van der Waals surface area contributed by atoms with Crippen LogP contribution in [0.1, 0.15) is 41.3 Å². The molecule has 4 rings (SSSR count). The van der Waals surface area contributed by atoms with Gasteiger partial charge in [-0.1, -0.05) is 12.1 Å². The summed E-state index contributed by atoms with van der Waals surface area (Å²) < 4.78 is 18.5. The Morgan fingerprint density at radius 1 is 1.19 bits per heavy atom. The van der Waals surface area contributed by atoms with E-state index in [-0.39, 0.29) is 24.1 Å². The van der Waals surface area contributed by atoms with Crippen molar-refractivity contribution in [2.45, 2.75) is 32.3 Å². The molecule has 0 saturated carbocycles. The van der Waals surface area contributed by atoms with E-state index in [1.54, 1.807) is 24.3 Å². The number of allylic oxidation sites excluding steroid dienone is 1.